The quantitative estimate of drug-likeness (QED) is 0.451. The highest BCUT2D eigenvalue weighted by Gasteiger charge is 2.14. The summed E-state index contributed by atoms with van der Waals surface area (Å²) in [7, 11) is 2.15. The van der Waals surface area contributed by atoms with Crippen LogP contribution in [0, 0.1) is 6.92 Å². The molecule has 4 aromatic rings. The molecule has 0 aromatic carbocycles. The predicted octanol–water partition coefficient (Wildman–Crippen LogP) is 3.27. The third-order valence-corrected chi connectivity index (χ3v) is 5.54. The molecule has 0 radical (unpaired) electrons. The fraction of sp³-hybridized carbons (Fsp3) is 0.250. The van der Waals surface area contributed by atoms with Gasteiger partial charge in [0, 0.05) is 44.3 Å². The number of hydrogen-bond donors (Lipinski definition) is 2. The van der Waals surface area contributed by atoms with Crippen LogP contribution < -0.4 is 15.5 Å². The Morgan fingerprint density at radius 2 is 1.53 bits per heavy atom. The van der Waals surface area contributed by atoms with Crippen molar-refractivity contribution in [3.05, 3.63) is 66.7 Å². The zero-order valence-electron chi connectivity index (χ0n) is 19.2. The summed E-state index contributed by atoms with van der Waals surface area (Å²) >= 11 is 0. The van der Waals surface area contributed by atoms with Crippen molar-refractivity contribution in [1.82, 2.24) is 34.8 Å². The lowest BCUT2D eigenvalue weighted by molar-refractivity contribution is 0.313. The third-order valence-electron chi connectivity index (χ3n) is 5.54. The molecular weight excluding hydrogens is 428 g/mol. The molecule has 2 N–H and O–H groups in total. The highest BCUT2D eigenvalue weighted by molar-refractivity contribution is 5.59. The van der Waals surface area contributed by atoms with Gasteiger partial charge in [0.2, 0.25) is 5.95 Å². The van der Waals surface area contributed by atoms with Crippen LogP contribution in [0.4, 0.5) is 29.1 Å². The van der Waals surface area contributed by atoms with Crippen LogP contribution in [0.25, 0.3) is 11.5 Å². The average Bonchev–Trinajstić information content (AvgIpc) is 2.86. The Morgan fingerprint density at radius 1 is 0.735 bits per heavy atom. The van der Waals surface area contributed by atoms with Crippen LogP contribution >= 0.6 is 0 Å². The van der Waals surface area contributed by atoms with E-state index in [4.69, 9.17) is 0 Å². The van der Waals surface area contributed by atoms with Crippen LogP contribution in [-0.4, -0.2) is 68.0 Å². The van der Waals surface area contributed by atoms with Crippen molar-refractivity contribution in [3.63, 3.8) is 0 Å². The van der Waals surface area contributed by atoms with Crippen molar-refractivity contribution < 1.29 is 0 Å². The number of pyridine rings is 2. The van der Waals surface area contributed by atoms with Gasteiger partial charge < -0.3 is 20.4 Å². The van der Waals surface area contributed by atoms with E-state index < -0.39 is 0 Å². The minimum atomic E-state index is 0.444. The van der Waals surface area contributed by atoms with Gasteiger partial charge >= 0.3 is 0 Å². The number of rotatable bonds is 6. The average molecular weight is 455 g/mol. The van der Waals surface area contributed by atoms with E-state index in [0.29, 0.717) is 29.2 Å². The van der Waals surface area contributed by atoms with Gasteiger partial charge in [0.15, 0.2) is 5.82 Å². The number of aromatic nitrogens is 6. The summed E-state index contributed by atoms with van der Waals surface area (Å²) in [5.41, 5.74) is 2.76. The van der Waals surface area contributed by atoms with E-state index >= 15 is 0 Å². The molecule has 172 valence electrons. The monoisotopic (exact) mass is 454 g/mol. The van der Waals surface area contributed by atoms with Crippen LogP contribution in [-0.2, 0) is 0 Å². The van der Waals surface area contributed by atoms with Gasteiger partial charge in [-0.1, -0.05) is 6.07 Å². The summed E-state index contributed by atoms with van der Waals surface area (Å²) in [6, 6.07) is 13.4. The van der Waals surface area contributed by atoms with Gasteiger partial charge in [0.1, 0.15) is 23.1 Å². The second kappa shape index (κ2) is 9.75. The zero-order valence-corrected chi connectivity index (χ0v) is 19.2. The van der Waals surface area contributed by atoms with Gasteiger partial charge in [-0.15, -0.1) is 0 Å². The molecule has 0 atom stereocenters. The molecule has 1 fully saturated rings. The van der Waals surface area contributed by atoms with Crippen molar-refractivity contribution in [2.45, 2.75) is 6.92 Å². The summed E-state index contributed by atoms with van der Waals surface area (Å²) < 4.78 is 0. The van der Waals surface area contributed by atoms with Gasteiger partial charge in [-0.05, 0) is 50.4 Å². The lowest BCUT2D eigenvalue weighted by Crippen LogP contribution is -2.44. The van der Waals surface area contributed by atoms with Crippen LogP contribution in [0.5, 0.6) is 0 Å². The molecular formula is C24H26N10. The van der Waals surface area contributed by atoms with E-state index in [-0.39, 0.29) is 0 Å². The number of aryl methyl sites for hydroxylation is 1. The Morgan fingerprint density at radius 3 is 2.29 bits per heavy atom. The van der Waals surface area contributed by atoms with E-state index in [0.717, 1.165) is 43.3 Å². The molecule has 1 aliphatic rings. The lowest BCUT2D eigenvalue weighted by atomic mass is 10.3. The zero-order chi connectivity index (χ0) is 23.3. The van der Waals surface area contributed by atoms with Crippen LogP contribution in [0.1, 0.15) is 5.69 Å². The molecule has 10 nitrogen and oxygen atoms in total. The molecule has 0 aliphatic carbocycles. The molecule has 0 amide bonds. The predicted molar refractivity (Wildman–Crippen MR) is 133 cm³/mol. The van der Waals surface area contributed by atoms with Crippen LogP contribution in [0.2, 0.25) is 0 Å². The number of hydrogen-bond acceptors (Lipinski definition) is 10. The second-order valence-corrected chi connectivity index (χ2v) is 8.14. The molecule has 1 aliphatic heterocycles. The van der Waals surface area contributed by atoms with Gasteiger partial charge in [-0.25, -0.2) is 24.9 Å². The first-order chi connectivity index (χ1) is 16.6. The fourth-order valence-electron chi connectivity index (χ4n) is 3.67. The lowest BCUT2D eigenvalue weighted by Gasteiger charge is -2.33. The minimum absolute atomic E-state index is 0.444. The summed E-state index contributed by atoms with van der Waals surface area (Å²) in [4.78, 5) is 31.5. The first-order valence-electron chi connectivity index (χ1n) is 11.2. The van der Waals surface area contributed by atoms with E-state index in [9.17, 15) is 0 Å². The van der Waals surface area contributed by atoms with E-state index in [1.807, 2.05) is 37.4 Å². The van der Waals surface area contributed by atoms with E-state index in [1.165, 1.54) is 0 Å². The fourth-order valence-corrected chi connectivity index (χ4v) is 3.67. The number of nitrogens with zero attached hydrogens (tertiary/aromatic N) is 8. The molecule has 5 rings (SSSR count). The minimum Gasteiger partial charge on any atom is -0.368 e. The normalized spacial score (nSPS) is 14.1. The van der Waals surface area contributed by atoms with Gasteiger partial charge in [0.05, 0.1) is 11.9 Å². The number of nitrogens with one attached hydrogen (secondary N) is 2. The molecule has 34 heavy (non-hydrogen) atoms. The molecule has 5 heterocycles. The van der Waals surface area contributed by atoms with E-state index in [2.05, 4.69) is 63.5 Å². The molecule has 0 spiro atoms. The van der Waals surface area contributed by atoms with Gasteiger partial charge in [-0.3, -0.25) is 0 Å². The maximum Gasteiger partial charge on any atom is 0.230 e. The topological polar surface area (TPSA) is 108 Å². The second-order valence-electron chi connectivity index (χ2n) is 8.14. The van der Waals surface area contributed by atoms with Crippen LogP contribution in [0.3, 0.4) is 0 Å². The molecule has 4 aromatic heterocycles. The highest BCUT2D eigenvalue weighted by Crippen LogP contribution is 2.20. The highest BCUT2D eigenvalue weighted by atomic mass is 15.3. The Kier molecular flexibility index (Phi) is 6.21. The van der Waals surface area contributed by atoms with Crippen LogP contribution in [0.15, 0.2) is 61.1 Å². The Hall–Kier alpha value is -4.18. The van der Waals surface area contributed by atoms with E-state index in [1.54, 1.807) is 24.5 Å². The Labute approximate surface area is 198 Å². The Balaban J connectivity index is 1.26. The molecule has 0 saturated carbocycles. The summed E-state index contributed by atoms with van der Waals surface area (Å²) in [6.07, 6.45) is 5.26. The maximum absolute atomic E-state index is 4.57. The number of anilines is 5. The maximum atomic E-state index is 4.57. The molecule has 1 saturated heterocycles. The molecule has 0 unspecified atom stereocenters. The number of piperazine rings is 1. The van der Waals surface area contributed by atoms with Gasteiger partial charge in [0.25, 0.3) is 0 Å². The first kappa shape index (κ1) is 21.7. The SMILES string of the molecule is Cc1cccc(-c2nccc(Nc3ccnc(Nc4ccc(N5CCN(C)CC5)cn4)n3)n2)n1. The standard InChI is InChI=1S/C24H26N10/c1-17-4-3-5-19(28-17)23-25-10-8-21(30-23)29-22-9-11-26-24(32-22)31-20-7-6-18(16-27-20)34-14-12-33(2)13-15-34/h3-11,16H,12-15H2,1-2H3,(H2,25,26,27,29,30,31,32). The van der Waals surface area contributed by atoms with Crippen molar-refractivity contribution in [3.8, 4) is 11.5 Å². The van der Waals surface area contributed by atoms with Crippen molar-refractivity contribution in [2.24, 2.45) is 0 Å². The summed E-state index contributed by atoms with van der Waals surface area (Å²) in [5.74, 6) is 2.90. The molecule has 0 bridgehead atoms. The largest absolute Gasteiger partial charge is 0.368 e. The summed E-state index contributed by atoms with van der Waals surface area (Å²) in [6.45, 7) is 6.07. The van der Waals surface area contributed by atoms with Crippen molar-refractivity contribution >= 4 is 29.1 Å². The number of likely N-dealkylation sites (N-methyl/N-ethyl adjacent to an activating group) is 1. The smallest absolute Gasteiger partial charge is 0.230 e. The van der Waals surface area contributed by atoms with Gasteiger partial charge in [-0.2, -0.15) is 4.98 Å². The molecule has 10 heteroatoms. The van der Waals surface area contributed by atoms with Crippen molar-refractivity contribution in [1.29, 1.82) is 0 Å². The first-order valence-corrected chi connectivity index (χ1v) is 11.2. The summed E-state index contributed by atoms with van der Waals surface area (Å²) in [5, 5.41) is 6.38. The Bertz CT molecular complexity index is 1250. The third kappa shape index (κ3) is 5.24. The van der Waals surface area contributed by atoms with Crippen molar-refractivity contribution in [2.75, 3.05) is 48.8 Å².